The molecule has 1 heterocycles. The molecule has 3 N–H and O–H groups in total. The number of thiocarbonyl (C=S) groups is 1. The minimum atomic E-state index is -0.488. The molecule has 0 saturated carbocycles. The Morgan fingerprint density at radius 3 is 2.48 bits per heavy atom. The summed E-state index contributed by atoms with van der Waals surface area (Å²) in [6, 6.07) is 13.1. The summed E-state index contributed by atoms with van der Waals surface area (Å²) in [6.45, 7) is 2.28. The number of rotatable bonds is 7. The van der Waals surface area contributed by atoms with Gasteiger partial charge in [0.2, 0.25) is 0 Å². The highest BCUT2D eigenvalue weighted by molar-refractivity contribution is 7.80. The number of hydrogen-bond donors (Lipinski definition) is 3. The Balaban J connectivity index is 1.75. The van der Waals surface area contributed by atoms with Gasteiger partial charge in [0, 0.05) is 36.3 Å². The lowest BCUT2D eigenvalue weighted by molar-refractivity contribution is -0.140. The summed E-state index contributed by atoms with van der Waals surface area (Å²) in [6.07, 6.45) is 0. The van der Waals surface area contributed by atoms with Crippen LogP contribution in [-0.2, 0) is 14.3 Å². The van der Waals surface area contributed by atoms with Gasteiger partial charge in [0.1, 0.15) is 6.61 Å². The third-order valence-corrected chi connectivity index (χ3v) is 5.71. The Kier molecular flexibility index (Phi) is 8.26. The van der Waals surface area contributed by atoms with E-state index in [0.29, 0.717) is 39.4 Å². The van der Waals surface area contributed by atoms with Crippen molar-refractivity contribution in [1.82, 2.24) is 10.2 Å². The standard InChI is InChI=1S/C23H25ClN4O4S/c1-14-19(21(29)32-12-11-31-3)20(27-23(33)28(14)2)15-7-9-17(10-8-15)25-22(30)26-18-6-4-5-16(24)13-18/h4-10,13,20H,11-12H2,1-3H3,(H,27,33)(H2,25,26,30). The average molecular weight is 489 g/mol. The SMILES string of the molecule is COCCOC(=O)C1=C(C)N(C)C(=S)NC1c1ccc(NC(=O)Nc2cccc(Cl)c2)cc1. The number of carbonyl (C=O) groups excluding carboxylic acids is 2. The molecule has 174 valence electrons. The molecular weight excluding hydrogens is 464 g/mol. The fourth-order valence-corrected chi connectivity index (χ4v) is 3.71. The molecule has 0 bridgehead atoms. The zero-order chi connectivity index (χ0) is 24.0. The maximum absolute atomic E-state index is 12.8. The van der Waals surface area contributed by atoms with Crippen LogP contribution in [0.15, 0.2) is 59.8 Å². The van der Waals surface area contributed by atoms with Gasteiger partial charge in [-0.15, -0.1) is 0 Å². The van der Waals surface area contributed by atoms with E-state index in [1.54, 1.807) is 55.5 Å². The molecule has 1 unspecified atom stereocenters. The van der Waals surface area contributed by atoms with E-state index in [1.165, 1.54) is 0 Å². The van der Waals surface area contributed by atoms with Gasteiger partial charge < -0.3 is 30.3 Å². The fraction of sp³-hybridized carbons (Fsp3) is 0.261. The van der Waals surface area contributed by atoms with Crippen molar-refractivity contribution >= 4 is 52.3 Å². The number of benzene rings is 2. The number of esters is 1. The van der Waals surface area contributed by atoms with E-state index in [-0.39, 0.29) is 6.61 Å². The molecule has 1 atom stereocenters. The van der Waals surface area contributed by atoms with E-state index in [9.17, 15) is 9.59 Å². The number of carbonyl (C=O) groups is 2. The summed E-state index contributed by atoms with van der Waals surface area (Å²) < 4.78 is 10.3. The number of nitrogens with zero attached hydrogens (tertiary/aromatic N) is 1. The zero-order valence-corrected chi connectivity index (χ0v) is 20.0. The van der Waals surface area contributed by atoms with Gasteiger partial charge >= 0.3 is 12.0 Å². The van der Waals surface area contributed by atoms with Crippen molar-refractivity contribution in [3.05, 3.63) is 70.4 Å². The Morgan fingerprint density at radius 2 is 1.82 bits per heavy atom. The molecule has 1 aliphatic rings. The first kappa shape index (κ1) is 24.5. The number of halogens is 1. The highest BCUT2D eigenvalue weighted by Crippen LogP contribution is 2.31. The predicted octanol–water partition coefficient (Wildman–Crippen LogP) is 4.31. The van der Waals surface area contributed by atoms with Crippen molar-refractivity contribution in [1.29, 1.82) is 0 Å². The average Bonchev–Trinajstić information content (AvgIpc) is 2.78. The highest BCUT2D eigenvalue weighted by Gasteiger charge is 2.33. The topological polar surface area (TPSA) is 91.9 Å². The number of nitrogens with one attached hydrogen (secondary N) is 3. The first-order valence-electron chi connectivity index (χ1n) is 10.1. The molecule has 2 aromatic carbocycles. The molecule has 0 radical (unpaired) electrons. The Labute approximate surface area is 202 Å². The summed E-state index contributed by atoms with van der Waals surface area (Å²) >= 11 is 11.4. The third kappa shape index (κ3) is 6.22. The van der Waals surface area contributed by atoms with Gasteiger partial charge in [-0.3, -0.25) is 0 Å². The summed E-state index contributed by atoms with van der Waals surface area (Å²) in [5.74, 6) is -0.445. The molecule has 0 aliphatic carbocycles. The van der Waals surface area contributed by atoms with Crippen LogP contribution in [0.5, 0.6) is 0 Å². The number of hydrogen-bond acceptors (Lipinski definition) is 5. The number of amides is 2. The molecular formula is C23H25ClN4O4S. The second-order valence-electron chi connectivity index (χ2n) is 7.28. The van der Waals surface area contributed by atoms with E-state index in [0.717, 1.165) is 5.56 Å². The quantitative estimate of drug-likeness (QED) is 0.304. The molecule has 0 spiro atoms. The Bertz CT molecular complexity index is 1070. The molecule has 1 aliphatic heterocycles. The molecule has 0 saturated heterocycles. The molecule has 10 heteroatoms. The van der Waals surface area contributed by atoms with Gasteiger partial charge in [0.05, 0.1) is 18.2 Å². The van der Waals surface area contributed by atoms with E-state index >= 15 is 0 Å². The van der Waals surface area contributed by atoms with Crippen LogP contribution < -0.4 is 16.0 Å². The summed E-state index contributed by atoms with van der Waals surface area (Å²) in [4.78, 5) is 26.8. The second kappa shape index (κ2) is 11.1. The molecule has 33 heavy (non-hydrogen) atoms. The van der Waals surface area contributed by atoms with Crippen LogP contribution in [0.25, 0.3) is 0 Å². The molecule has 0 fully saturated rings. The summed E-state index contributed by atoms with van der Waals surface area (Å²) in [5.41, 5.74) is 3.12. The van der Waals surface area contributed by atoms with Gasteiger partial charge in [0.15, 0.2) is 5.11 Å². The lowest BCUT2D eigenvalue weighted by atomic mass is 9.95. The van der Waals surface area contributed by atoms with Crippen LogP contribution in [0.1, 0.15) is 18.5 Å². The molecule has 3 rings (SSSR count). The van der Waals surface area contributed by atoms with Gasteiger partial charge in [-0.2, -0.15) is 0 Å². The smallest absolute Gasteiger partial charge is 0.338 e. The zero-order valence-electron chi connectivity index (χ0n) is 18.5. The predicted molar refractivity (Wildman–Crippen MR) is 132 cm³/mol. The summed E-state index contributed by atoms with van der Waals surface area (Å²) in [7, 11) is 3.33. The first-order chi connectivity index (χ1) is 15.8. The van der Waals surface area contributed by atoms with Crippen LogP contribution in [0.3, 0.4) is 0 Å². The van der Waals surface area contributed by atoms with Crippen LogP contribution in [0, 0.1) is 0 Å². The van der Waals surface area contributed by atoms with E-state index in [4.69, 9.17) is 33.3 Å². The Morgan fingerprint density at radius 1 is 1.12 bits per heavy atom. The van der Waals surface area contributed by atoms with Crippen molar-refractivity contribution in [2.45, 2.75) is 13.0 Å². The number of anilines is 2. The number of urea groups is 1. The number of allylic oxidation sites excluding steroid dienone is 1. The highest BCUT2D eigenvalue weighted by atomic mass is 35.5. The summed E-state index contributed by atoms with van der Waals surface area (Å²) in [5, 5.41) is 9.70. The van der Waals surface area contributed by atoms with Gasteiger partial charge in [-0.1, -0.05) is 29.8 Å². The van der Waals surface area contributed by atoms with Crippen LogP contribution in [0.4, 0.5) is 16.2 Å². The van der Waals surface area contributed by atoms with Crippen molar-refractivity contribution in [2.24, 2.45) is 0 Å². The minimum absolute atomic E-state index is 0.150. The molecule has 0 aromatic heterocycles. The van der Waals surface area contributed by atoms with Crippen LogP contribution in [-0.4, -0.2) is 49.4 Å². The largest absolute Gasteiger partial charge is 0.460 e. The number of ether oxygens (including phenoxy) is 2. The Hall–Kier alpha value is -3.14. The van der Waals surface area contributed by atoms with E-state index < -0.39 is 18.0 Å². The van der Waals surface area contributed by atoms with Crippen molar-refractivity contribution < 1.29 is 19.1 Å². The van der Waals surface area contributed by atoms with Crippen LogP contribution >= 0.6 is 23.8 Å². The molecule has 8 nitrogen and oxygen atoms in total. The minimum Gasteiger partial charge on any atom is -0.460 e. The monoisotopic (exact) mass is 488 g/mol. The first-order valence-corrected chi connectivity index (χ1v) is 10.9. The maximum atomic E-state index is 12.8. The fourth-order valence-electron chi connectivity index (χ4n) is 3.26. The lowest BCUT2D eigenvalue weighted by Crippen LogP contribution is -2.46. The van der Waals surface area contributed by atoms with Gasteiger partial charge in [-0.05, 0) is 55.0 Å². The lowest BCUT2D eigenvalue weighted by Gasteiger charge is -2.35. The normalized spacial score (nSPS) is 15.7. The van der Waals surface area contributed by atoms with Crippen molar-refractivity contribution in [3.63, 3.8) is 0 Å². The maximum Gasteiger partial charge on any atom is 0.338 e. The molecule has 2 aromatic rings. The second-order valence-corrected chi connectivity index (χ2v) is 8.10. The third-order valence-electron chi connectivity index (χ3n) is 5.08. The van der Waals surface area contributed by atoms with Gasteiger partial charge in [-0.25, -0.2) is 9.59 Å². The van der Waals surface area contributed by atoms with Crippen LogP contribution in [0.2, 0.25) is 5.02 Å². The van der Waals surface area contributed by atoms with E-state index in [2.05, 4.69) is 16.0 Å². The number of methoxy groups -OCH3 is 1. The van der Waals surface area contributed by atoms with Crippen molar-refractivity contribution in [3.8, 4) is 0 Å². The van der Waals surface area contributed by atoms with Crippen molar-refractivity contribution in [2.75, 3.05) is 38.0 Å². The van der Waals surface area contributed by atoms with Gasteiger partial charge in [0.25, 0.3) is 0 Å². The molecule has 2 amide bonds. The van der Waals surface area contributed by atoms with E-state index in [1.807, 2.05) is 19.1 Å².